The predicted molar refractivity (Wildman–Crippen MR) is 87.0 cm³/mol. The van der Waals surface area contributed by atoms with Crippen molar-refractivity contribution >= 4 is 40.7 Å². The molecule has 1 aromatic carbocycles. The molecule has 20 heavy (non-hydrogen) atoms. The number of nitrogens with zero attached hydrogens (tertiary/aromatic N) is 1. The summed E-state index contributed by atoms with van der Waals surface area (Å²) in [5, 5.41) is 3.79. The van der Waals surface area contributed by atoms with Gasteiger partial charge in [0.1, 0.15) is 0 Å². The van der Waals surface area contributed by atoms with E-state index < -0.39 is 7.29 Å². The molecular weight excluding hydrogens is 311 g/mol. The van der Waals surface area contributed by atoms with Gasteiger partial charge in [0, 0.05) is 22.3 Å². The van der Waals surface area contributed by atoms with Gasteiger partial charge in [0.2, 0.25) is 7.29 Å². The third-order valence-corrected chi connectivity index (χ3v) is 7.43. The summed E-state index contributed by atoms with van der Waals surface area (Å²) in [6.07, 6.45) is 4.50. The third-order valence-electron chi connectivity index (χ3n) is 3.39. The van der Waals surface area contributed by atoms with E-state index in [9.17, 15) is 4.57 Å². The molecule has 106 valence electrons. The number of thiazole rings is 1. The van der Waals surface area contributed by atoms with E-state index in [1.165, 1.54) is 17.7 Å². The van der Waals surface area contributed by atoms with Crippen molar-refractivity contribution in [1.82, 2.24) is 4.98 Å². The quantitative estimate of drug-likeness (QED) is 0.854. The maximum atomic E-state index is 12.9. The summed E-state index contributed by atoms with van der Waals surface area (Å²) in [5.74, 6) is 0. The summed E-state index contributed by atoms with van der Waals surface area (Å²) in [6, 6.07) is 7.26. The molecule has 0 saturated carbocycles. The highest BCUT2D eigenvalue weighted by Gasteiger charge is 2.26. The van der Waals surface area contributed by atoms with Crippen molar-refractivity contribution in [2.75, 3.05) is 11.8 Å². The standard InChI is InChI=1S/C14H16ClN2OPS/c1-19(18,17-11-8-6-10(15)7-9-11)14-16-12-4-2-3-5-13(12)20-14/h6-9H,2-5H2,1H3,(H,17,18)/t19-/m1/s1. The van der Waals surface area contributed by atoms with Gasteiger partial charge in [0.15, 0.2) is 4.75 Å². The van der Waals surface area contributed by atoms with Gasteiger partial charge in [-0.3, -0.25) is 4.57 Å². The number of anilines is 1. The fourth-order valence-electron chi connectivity index (χ4n) is 2.34. The van der Waals surface area contributed by atoms with E-state index in [0.717, 1.165) is 29.0 Å². The molecular formula is C14H16ClN2OPS. The summed E-state index contributed by atoms with van der Waals surface area (Å²) in [7, 11) is -2.67. The SMILES string of the molecule is C[P@](=O)(Nc1ccc(Cl)cc1)c1nc2c(s1)CCCC2. The summed E-state index contributed by atoms with van der Waals surface area (Å²) >= 11 is 7.46. The van der Waals surface area contributed by atoms with Crippen molar-refractivity contribution < 1.29 is 4.57 Å². The number of nitrogens with one attached hydrogen (secondary N) is 1. The van der Waals surface area contributed by atoms with Gasteiger partial charge in [-0.2, -0.15) is 0 Å². The highest BCUT2D eigenvalue weighted by Crippen LogP contribution is 2.43. The van der Waals surface area contributed by atoms with E-state index in [-0.39, 0.29) is 0 Å². The second-order valence-electron chi connectivity index (χ2n) is 5.12. The Morgan fingerprint density at radius 1 is 1.25 bits per heavy atom. The number of hydrogen-bond acceptors (Lipinski definition) is 3. The van der Waals surface area contributed by atoms with E-state index in [0.29, 0.717) is 5.02 Å². The van der Waals surface area contributed by atoms with Gasteiger partial charge >= 0.3 is 0 Å². The maximum absolute atomic E-state index is 12.9. The molecule has 0 radical (unpaired) electrons. The van der Waals surface area contributed by atoms with Crippen LogP contribution < -0.4 is 9.84 Å². The van der Waals surface area contributed by atoms with Crippen LogP contribution in [-0.2, 0) is 17.4 Å². The molecule has 1 heterocycles. The first-order valence-electron chi connectivity index (χ1n) is 6.65. The molecule has 1 aliphatic rings. The van der Waals surface area contributed by atoms with Gasteiger partial charge in [0.25, 0.3) is 0 Å². The average molecular weight is 327 g/mol. The van der Waals surface area contributed by atoms with Crippen LogP contribution in [-0.4, -0.2) is 11.6 Å². The number of halogens is 1. The number of hydrogen-bond donors (Lipinski definition) is 1. The molecule has 3 rings (SSSR count). The normalized spacial score (nSPS) is 17.3. The van der Waals surface area contributed by atoms with Gasteiger partial charge in [-0.1, -0.05) is 11.6 Å². The zero-order valence-electron chi connectivity index (χ0n) is 11.2. The smallest absolute Gasteiger partial charge is 0.223 e. The van der Waals surface area contributed by atoms with E-state index in [1.54, 1.807) is 30.1 Å². The molecule has 1 N–H and O–H groups in total. The Balaban J connectivity index is 1.85. The van der Waals surface area contributed by atoms with Crippen LogP contribution in [0, 0.1) is 0 Å². The fourth-order valence-corrected chi connectivity index (χ4v) is 5.57. The number of aryl methyl sites for hydroxylation is 2. The minimum atomic E-state index is -2.67. The van der Waals surface area contributed by atoms with Gasteiger partial charge in [-0.15, -0.1) is 11.3 Å². The van der Waals surface area contributed by atoms with E-state index in [1.807, 2.05) is 12.1 Å². The molecule has 6 heteroatoms. The van der Waals surface area contributed by atoms with Crippen molar-refractivity contribution in [1.29, 1.82) is 0 Å². The molecule has 1 atom stereocenters. The van der Waals surface area contributed by atoms with Crippen LogP contribution in [0.25, 0.3) is 0 Å². The van der Waals surface area contributed by atoms with Crippen molar-refractivity contribution in [3.8, 4) is 0 Å². The van der Waals surface area contributed by atoms with Crippen LogP contribution in [0.3, 0.4) is 0 Å². The molecule has 1 aliphatic carbocycles. The van der Waals surface area contributed by atoms with E-state index >= 15 is 0 Å². The van der Waals surface area contributed by atoms with Gasteiger partial charge in [-0.25, -0.2) is 4.98 Å². The van der Waals surface area contributed by atoms with Crippen LogP contribution in [0.2, 0.25) is 5.02 Å². The first-order chi connectivity index (χ1) is 9.54. The van der Waals surface area contributed by atoms with Crippen LogP contribution in [0.15, 0.2) is 24.3 Å². The minimum Gasteiger partial charge on any atom is -0.331 e. The Labute approximate surface area is 127 Å². The molecule has 0 fully saturated rings. The lowest BCUT2D eigenvalue weighted by Gasteiger charge is -2.13. The highest BCUT2D eigenvalue weighted by atomic mass is 35.5. The fraction of sp³-hybridized carbons (Fsp3) is 0.357. The summed E-state index contributed by atoms with van der Waals surface area (Å²) in [5.41, 5.74) is 1.96. The molecule has 0 amide bonds. The monoisotopic (exact) mass is 326 g/mol. The van der Waals surface area contributed by atoms with Crippen LogP contribution in [0.1, 0.15) is 23.4 Å². The second kappa shape index (κ2) is 5.51. The molecule has 3 nitrogen and oxygen atoms in total. The Morgan fingerprint density at radius 3 is 2.65 bits per heavy atom. The molecule has 0 spiro atoms. The van der Waals surface area contributed by atoms with Crippen LogP contribution >= 0.6 is 30.2 Å². The lowest BCUT2D eigenvalue weighted by molar-refractivity contribution is 0.587. The Kier molecular flexibility index (Phi) is 3.89. The molecule has 0 saturated heterocycles. The van der Waals surface area contributed by atoms with Crippen molar-refractivity contribution in [3.05, 3.63) is 39.9 Å². The molecule has 0 unspecified atom stereocenters. The number of benzene rings is 1. The zero-order valence-corrected chi connectivity index (χ0v) is 13.7. The average Bonchev–Trinajstić information content (AvgIpc) is 2.86. The summed E-state index contributed by atoms with van der Waals surface area (Å²) < 4.78 is 13.6. The largest absolute Gasteiger partial charge is 0.331 e. The lowest BCUT2D eigenvalue weighted by Crippen LogP contribution is -2.10. The number of fused-ring (bicyclic) bond motifs is 1. The summed E-state index contributed by atoms with van der Waals surface area (Å²) in [4.78, 5) is 5.91. The predicted octanol–water partition coefficient (Wildman–Crippen LogP) is 4.32. The third kappa shape index (κ3) is 2.93. The molecule has 2 aromatic rings. The van der Waals surface area contributed by atoms with Gasteiger partial charge < -0.3 is 5.09 Å². The lowest BCUT2D eigenvalue weighted by atomic mass is 10.0. The van der Waals surface area contributed by atoms with Crippen molar-refractivity contribution in [3.63, 3.8) is 0 Å². The van der Waals surface area contributed by atoms with Crippen LogP contribution in [0.4, 0.5) is 5.69 Å². The molecule has 0 aliphatic heterocycles. The van der Waals surface area contributed by atoms with E-state index in [4.69, 9.17) is 11.6 Å². The molecule has 1 aromatic heterocycles. The van der Waals surface area contributed by atoms with Gasteiger partial charge in [0.05, 0.1) is 5.69 Å². The van der Waals surface area contributed by atoms with Crippen molar-refractivity contribution in [2.24, 2.45) is 0 Å². The van der Waals surface area contributed by atoms with Gasteiger partial charge in [-0.05, 0) is 49.9 Å². The summed E-state index contributed by atoms with van der Waals surface area (Å²) in [6.45, 7) is 1.74. The Hall–Kier alpha value is -0.830. The second-order valence-corrected chi connectivity index (χ2v) is 9.43. The first-order valence-corrected chi connectivity index (χ1v) is 10.00. The maximum Gasteiger partial charge on any atom is 0.223 e. The van der Waals surface area contributed by atoms with Crippen LogP contribution in [0.5, 0.6) is 0 Å². The zero-order chi connectivity index (χ0) is 14.2. The van der Waals surface area contributed by atoms with E-state index in [2.05, 4.69) is 10.1 Å². The Morgan fingerprint density at radius 2 is 1.95 bits per heavy atom. The highest BCUT2D eigenvalue weighted by molar-refractivity contribution is 7.77. The minimum absolute atomic E-state index is 0.672. The number of aromatic nitrogens is 1. The topological polar surface area (TPSA) is 42.0 Å². The number of rotatable bonds is 3. The Bertz CT molecular complexity index is 645. The van der Waals surface area contributed by atoms with Crippen molar-refractivity contribution in [2.45, 2.75) is 25.7 Å². The molecule has 0 bridgehead atoms. The first kappa shape index (κ1) is 14.1.